The Morgan fingerprint density at radius 1 is 0.955 bits per heavy atom. The van der Waals surface area contributed by atoms with Crippen LogP contribution in [-0.4, -0.2) is 35.0 Å². The summed E-state index contributed by atoms with van der Waals surface area (Å²) in [5.74, 6) is -0.538. The smallest absolute Gasteiger partial charge is 0.261 e. The van der Waals surface area contributed by atoms with Gasteiger partial charge in [-0.2, -0.15) is 0 Å². The Morgan fingerprint density at radius 3 is 2.41 bits per heavy atom. The number of aliphatic hydroxyl groups is 1. The van der Waals surface area contributed by atoms with Gasteiger partial charge < -0.3 is 5.11 Å². The Morgan fingerprint density at radius 2 is 1.68 bits per heavy atom. The van der Waals surface area contributed by atoms with Crippen molar-refractivity contribution in [3.63, 3.8) is 0 Å². The molecule has 114 valence electrons. The molecule has 1 N–H and O–H groups in total. The summed E-state index contributed by atoms with van der Waals surface area (Å²) >= 11 is 6.17. The van der Waals surface area contributed by atoms with E-state index in [1.807, 2.05) is 6.07 Å². The van der Waals surface area contributed by atoms with Crippen LogP contribution in [0, 0.1) is 0 Å². The Hall–Kier alpha value is -1.91. The third-order valence-corrected chi connectivity index (χ3v) is 4.31. The zero-order valence-electron chi connectivity index (χ0n) is 12.0. The number of unbranched alkanes of at least 4 members (excludes halogenated alkanes) is 2. The van der Waals surface area contributed by atoms with E-state index in [1.165, 1.54) is 4.90 Å². The summed E-state index contributed by atoms with van der Waals surface area (Å²) in [6, 6.07) is 8.72. The molecule has 0 fully saturated rings. The lowest BCUT2D eigenvalue weighted by atomic mass is 9.94. The van der Waals surface area contributed by atoms with Crippen LogP contribution in [0.15, 0.2) is 30.3 Å². The maximum atomic E-state index is 12.6. The van der Waals surface area contributed by atoms with Gasteiger partial charge in [0.05, 0.1) is 0 Å². The van der Waals surface area contributed by atoms with E-state index in [-0.39, 0.29) is 18.4 Å². The molecule has 1 aliphatic heterocycles. The summed E-state index contributed by atoms with van der Waals surface area (Å²) in [4.78, 5) is 26.5. The van der Waals surface area contributed by atoms with Crippen LogP contribution in [0.5, 0.6) is 0 Å². The second-order valence-corrected chi connectivity index (χ2v) is 5.78. The van der Waals surface area contributed by atoms with Crippen molar-refractivity contribution in [1.82, 2.24) is 4.90 Å². The number of benzene rings is 2. The average molecular weight is 318 g/mol. The standard InChI is InChI=1S/C17H16ClNO3/c18-14-8-7-13-15-11(14)5-4-6-12(15)16(21)19(17(13)22)9-2-1-3-10-20/h4-8,20H,1-3,9-10H2. The van der Waals surface area contributed by atoms with E-state index in [2.05, 4.69) is 0 Å². The predicted molar refractivity (Wildman–Crippen MR) is 85.3 cm³/mol. The van der Waals surface area contributed by atoms with Crippen molar-refractivity contribution in [1.29, 1.82) is 0 Å². The fraction of sp³-hybridized carbons (Fsp3) is 0.294. The van der Waals surface area contributed by atoms with Gasteiger partial charge in [-0.3, -0.25) is 14.5 Å². The molecule has 22 heavy (non-hydrogen) atoms. The highest BCUT2D eigenvalue weighted by Crippen LogP contribution is 2.34. The first-order valence-electron chi connectivity index (χ1n) is 7.33. The molecule has 2 aromatic carbocycles. The van der Waals surface area contributed by atoms with Gasteiger partial charge in [0.15, 0.2) is 0 Å². The lowest BCUT2D eigenvalue weighted by Crippen LogP contribution is -2.40. The molecule has 2 aromatic rings. The van der Waals surface area contributed by atoms with E-state index in [9.17, 15) is 9.59 Å². The highest BCUT2D eigenvalue weighted by Gasteiger charge is 2.32. The van der Waals surface area contributed by atoms with E-state index < -0.39 is 0 Å². The fourth-order valence-electron chi connectivity index (χ4n) is 2.87. The van der Waals surface area contributed by atoms with Crippen molar-refractivity contribution in [3.8, 4) is 0 Å². The molecule has 1 aliphatic rings. The van der Waals surface area contributed by atoms with Gasteiger partial charge in [-0.15, -0.1) is 0 Å². The molecule has 0 saturated carbocycles. The summed E-state index contributed by atoms with van der Waals surface area (Å²) in [6.07, 6.45) is 2.15. The summed E-state index contributed by atoms with van der Waals surface area (Å²) < 4.78 is 0. The van der Waals surface area contributed by atoms with Crippen molar-refractivity contribution in [3.05, 3.63) is 46.5 Å². The van der Waals surface area contributed by atoms with Gasteiger partial charge in [-0.25, -0.2) is 0 Å². The van der Waals surface area contributed by atoms with Crippen LogP contribution in [0.25, 0.3) is 10.8 Å². The molecule has 0 aromatic heterocycles. The molecule has 0 saturated heterocycles. The summed E-state index contributed by atoms with van der Waals surface area (Å²) in [5, 5.41) is 10.7. The molecule has 4 nitrogen and oxygen atoms in total. The van der Waals surface area contributed by atoms with Crippen molar-refractivity contribution in [2.24, 2.45) is 0 Å². The number of halogens is 1. The Kier molecular flexibility index (Phi) is 4.14. The quantitative estimate of drug-likeness (QED) is 0.680. The normalized spacial score (nSPS) is 14.0. The number of hydrogen-bond donors (Lipinski definition) is 1. The molecule has 0 atom stereocenters. The third kappa shape index (κ3) is 2.38. The van der Waals surface area contributed by atoms with Crippen LogP contribution in [0.1, 0.15) is 40.0 Å². The number of aliphatic hydroxyl groups excluding tert-OH is 1. The van der Waals surface area contributed by atoms with Crippen molar-refractivity contribution < 1.29 is 14.7 Å². The van der Waals surface area contributed by atoms with E-state index in [0.717, 1.165) is 11.8 Å². The molecule has 0 unspecified atom stereocenters. The van der Waals surface area contributed by atoms with Gasteiger partial charge in [0.25, 0.3) is 11.8 Å². The molecular weight excluding hydrogens is 302 g/mol. The van der Waals surface area contributed by atoms with Gasteiger partial charge in [0, 0.05) is 40.1 Å². The minimum Gasteiger partial charge on any atom is -0.396 e. The summed E-state index contributed by atoms with van der Waals surface area (Å²) in [6.45, 7) is 0.499. The van der Waals surface area contributed by atoms with E-state index >= 15 is 0 Å². The molecule has 0 spiro atoms. The molecule has 2 amide bonds. The first-order valence-corrected chi connectivity index (χ1v) is 7.71. The van der Waals surface area contributed by atoms with Crippen LogP contribution in [0.4, 0.5) is 0 Å². The lowest BCUT2D eigenvalue weighted by molar-refractivity contribution is 0.0607. The van der Waals surface area contributed by atoms with E-state index in [0.29, 0.717) is 40.9 Å². The number of carbonyl (C=O) groups is 2. The van der Waals surface area contributed by atoms with E-state index in [4.69, 9.17) is 16.7 Å². The van der Waals surface area contributed by atoms with Gasteiger partial charge >= 0.3 is 0 Å². The first kappa shape index (κ1) is 15.0. The molecular formula is C17H16ClNO3. The second-order valence-electron chi connectivity index (χ2n) is 5.37. The fourth-order valence-corrected chi connectivity index (χ4v) is 3.09. The van der Waals surface area contributed by atoms with Crippen LogP contribution >= 0.6 is 11.6 Å². The third-order valence-electron chi connectivity index (χ3n) is 3.98. The Balaban J connectivity index is 2.00. The number of imide groups is 1. The monoisotopic (exact) mass is 317 g/mol. The summed E-state index contributed by atoms with van der Waals surface area (Å²) in [7, 11) is 0. The second kappa shape index (κ2) is 6.07. The number of carbonyl (C=O) groups excluding carboxylic acids is 2. The zero-order chi connectivity index (χ0) is 15.7. The molecule has 0 radical (unpaired) electrons. The predicted octanol–water partition coefficient (Wildman–Crippen LogP) is 3.25. The molecule has 0 bridgehead atoms. The maximum Gasteiger partial charge on any atom is 0.261 e. The minimum absolute atomic E-state index is 0.128. The zero-order valence-corrected chi connectivity index (χ0v) is 12.8. The Bertz CT molecular complexity index is 735. The van der Waals surface area contributed by atoms with Gasteiger partial charge in [0.2, 0.25) is 0 Å². The largest absolute Gasteiger partial charge is 0.396 e. The number of hydrogen-bond acceptors (Lipinski definition) is 3. The SMILES string of the molecule is O=C1c2cccc3c(Cl)ccc(c23)C(=O)N1CCCCCO. The van der Waals surface area contributed by atoms with Crippen molar-refractivity contribution >= 4 is 34.2 Å². The highest BCUT2D eigenvalue weighted by atomic mass is 35.5. The molecule has 1 heterocycles. The van der Waals surface area contributed by atoms with Crippen LogP contribution in [-0.2, 0) is 0 Å². The van der Waals surface area contributed by atoms with Gasteiger partial charge in [-0.1, -0.05) is 23.7 Å². The number of amides is 2. The molecule has 0 aliphatic carbocycles. The minimum atomic E-state index is -0.269. The van der Waals surface area contributed by atoms with E-state index in [1.54, 1.807) is 24.3 Å². The molecule has 3 rings (SSSR count). The maximum absolute atomic E-state index is 12.6. The van der Waals surface area contributed by atoms with Crippen LogP contribution < -0.4 is 0 Å². The van der Waals surface area contributed by atoms with Crippen molar-refractivity contribution in [2.45, 2.75) is 19.3 Å². The van der Waals surface area contributed by atoms with Crippen LogP contribution in [0.2, 0.25) is 5.02 Å². The topological polar surface area (TPSA) is 57.6 Å². The lowest BCUT2D eigenvalue weighted by Gasteiger charge is -2.27. The Labute approximate surface area is 133 Å². The first-order chi connectivity index (χ1) is 10.6. The van der Waals surface area contributed by atoms with Crippen LogP contribution in [0.3, 0.4) is 0 Å². The van der Waals surface area contributed by atoms with Gasteiger partial charge in [0.1, 0.15) is 0 Å². The number of nitrogens with zero attached hydrogens (tertiary/aromatic N) is 1. The number of rotatable bonds is 5. The highest BCUT2D eigenvalue weighted by molar-refractivity contribution is 6.38. The summed E-state index contributed by atoms with van der Waals surface area (Å²) in [5.41, 5.74) is 1.05. The van der Waals surface area contributed by atoms with Gasteiger partial charge in [-0.05, 0) is 37.5 Å². The van der Waals surface area contributed by atoms with Crippen molar-refractivity contribution in [2.75, 3.05) is 13.2 Å². The average Bonchev–Trinajstić information content (AvgIpc) is 2.53. The molecule has 5 heteroatoms.